The average molecular weight is 511 g/mol. The summed E-state index contributed by atoms with van der Waals surface area (Å²) in [6.07, 6.45) is 1.16. The predicted molar refractivity (Wildman–Crippen MR) is 141 cm³/mol. The molecule has 0 bridgehead atoms. The van der Waals surface area contributed by atoms with Crippen LogP contribution in [0.3, 0.4) is 0 Å². The van der Waals surface area contributed by atoms with E-state index in [1.807, 2.05) is 56.3 Å². The maximum Gasteiger partial charge on any atom is 0.327 e. The normalized spacial score (nSPS) is 12.4. The van der Waals surface area contributed by atoms with Crippen molar-refractivity contribution in [2.75, 3.05) is 32.3 Å². The third kappa shape index (κ3) is 5.26. The lowest BCUT2D eigenvalue weighted by atomic mass is 10.0. The monoisotopic (exact) mass is 510 g/mol. The van der Waals surface area contributed by atoms with Gasteiger partial charge < -0.3 is 19.2 Å². The van der Waals surface area contributed by atoms with Gasteiger partial charge in [0.1, 0.15) is 15.6 Å². The summed E-state index contributed by atoms with van der Waals surface area (Å²) < 4.78 is 43.2. The molecule has 0 fully saturated rings. The van der Waals surface area contributed by atoms with E-state index in [4.69, 9.17) is 14.2 Å². The summed E-state index contributed by atoms with van der Waals surface area (Å²) in [6.45, 7) is 4.72. The number of hydrogen-bond acceptors (Lipinski definition) is 6. The molecule has 1 aromatic heterocycles. The third-order valence-corrected chi connectivity index (χ3v) is 6.78. The Kier molecular flexibility index (Phi) is 7.40. The molecule has 36 heavy (non-hydrogen) atoms. The van der Waals surface area contributed by atoms with Crippen LogP contribution in [0.15, 0.2) is 65.5 Å². The second kappa shape index (κ2) is 10.5. The number of hydrogen-bond donors (Lipinski definition) is 1. The molecule has 0 radical (unpaired) electrons. The van der Waals surface area contributed by atoms with Crippen molar-refractivity contribution in [2.24, 2.45) is 0 Å². The Balaban J connectivity index is 1.87. The van der Waals surface area contributed by atoms with Crippen LogP contribution >= 0.6 is 0 Å². The van der Waals surface area contributed by atoms with E-state index in [2.05, 4.69) is 4.98 Å². The number of aromatic amines is 1. The molecule has 1 heterocycles. The molecule has 0 saturated heterocycles. The maximum atomic E-state index is 13.2. The second-order valence-electron chi connectivity index (χ2n) is 8.41. The number of aromatic nitrogens is 2. The highest BCUT2D eigenvalue weighted by Crippen LogP contribution is 2.35. The Morgan fingerprint density at radius 1 is 0.917 bits per heavy atom. The minimum absolute atomic E-state index is 0.257. The quantitative estimate of drug-likeness (QED) is 0.339. The van der Waals surface area contributed by atoms with Crippen molar-refractivity contribution < 1.29 is 22.6 Å². The zero-order valence-corrected chi connectivity index (χ0v) is 21.6. The van der Waals surface area contributed by atoms with Gasteiger partial charge in [-0.25, -0.2) is 13.2 Å². The molecule has 4 rings (SSSR count). The van der Waals surface area contributed by atoms with Gasteiger partial charge >= 0.3 is 5.69 Å². The van der Waals surface area contributed by atoms with E-state index in [9.17, 15) is 13.2 Å². The number of methoxy groups -OCH3 is 1. The van der Waals surface area contributed by atoms with Crippen molar-refractivity contribution in [3.8, 4) is 28.4 Å². The highest BCUT2D eigenvalue weighted by Gasteiger charge is 2.25. The molecule has 1 N–H and O–H groups in total. The molecule has 0 aliphatic carbocycles. The van der Waals surface area contributed by atoms with Crippen LogP contribution in [0.5, 0.6) is 17.2 Å². The van der Waals surface area contributed by atoms with Crippen LogP contribution in [-0.4, -0.2) is 50.3 Å². The number of sulfone groups is 1. The van der Waals surface area contributed by atoms with Gasteiger partial charge in [-0.2, -0.15) is 0 Å². The second-order valence-corrected chi connectivity index (χ2v) is 10.6. The largest absolute Gasteiger partial charge is 0.493 e. The van der Waals surface area contributed by atoms with Gasteiger partial charge in [-0.05, 0) is 55.3 Å². The van der Waals surface area contributed by atoms with Crippen molar-refractivity contribution in [3.05, 3.63) is 76.7 Å². The van der Waals surface area contributed by atoms with Gasteiger partial charge in [-0.1, -0.05) is 30.3 Å². The minimum atomic E-state index is -3.45. The van der Waals surface area contributed by atoms with Gasteiger partial charge in [-0.3, -0.25) is 4.57 Å². The van der Waals surface area contributed by atoms with Crippen LogP contribution < -0.4 is 19.9 Å². The van der Waals surface area contributed by atoms with Crippen molar-refractivity contribution >= 4 is 20.9 Å². The summed E-state index contributed by atoms with van der Waals surface area (Å²) in [7, 11) is -1.91. The van der Waals surface area contributed by atoms with Crippen molar-refractivity contribution in [3.63, 3.8) is 0 Å². The summed E-state index contributed by atoms with van der Waals surface area (Å²) in [4.78, 5) is 16.1. The molecule has 3 aromatic carbocycles. The number of nitrogens with zero attached hydrogens (tertiary/aromatic N) is 1. The van der Waals surface area contributed by atoms with E-state index < -0.39 is 21.6 Å². The molecule has 0 saturated carbocycles. The number of H-pyrrole nitrogens is 1. The van der Waals surface area contributed by atoms with Crippen LogP contribution in [-0.2, 0) is 9.84 Å². The summed E-state index contributed by atoms with van der Waals surface area (Å²) >= 11 is 0. The summed E-state index contributed by atoms with van der Waals surface area (Å²) in [5, 5.41) is 0. The van der Waals surface area contributed by atoms with Crippen molar-refractivity contribution in [1.82, 2.24) is 9.55 Å². The van der Waals surface area contributed by atoms with Crippen LogP contribution in [0, 0.1) is 0 Å². The molecule has 4 aromatic rings. The third-order valence-electron chi connectivity index (χ3n) is 5.86. The molecule has 0 unspecified atom stereocenters. The minimum Gasteiger partial charge on any atom is -0.493 e. The maximum absolute atomic E-state index is 13.2. The summed E-state index contributed by atoms with van der Waals surface area (Å²) in [5.74, 6) is 1.51. The highest BCUT2D eigenvalue weighted by atomic mass is 32.2. The molecule has 0 aliphatic rings. The van der Waals surface area contributed by atoms with Gasteiger partial charge in [0, 0.05) is 11.8 Å². The number of ether oxygens (including phenoxy) is 3. The Hall–Kier alpha value is -3.72. The fourth-order valence-electron chi connectivity index (χ4n) is 4.37. The predicted octanol–water partition coefficient (Wildman–Crippen LogP) is 4.44. The molecule has 1 atom stereocenters. The van der Waals surface area contributed by atoms with E-state index in [-0.39, 0.29) is 5.75 Å². The lowest BCUT2D eigenvalue weighted by Crippen LogP contribution is -2.28. The Labute approximate surface area is 210 Å². The van der Waals surface area contributed by atoms with E-state index in [1.165, 1.54) is 11.7 Å². The van der Waals surface area contributed by atoms with Crippen molar-refractivity contribution in [1.29, 1.82) is 0 Å². The van der Waals surface area contributed by atoms with E-state index in [0.717, 1.165) is 23.1 Å². The summed E-state index contributed by atoms with van der Waals surface area (Å²) in [6, 6.07) is 17.7. The Bertz CT molecular complexity index is 1540. The molecule has 0 amide bonds. The van der Waals surface area contributed by atoms with Gasteiger partial charge in [0.2, 0.25) is 0 Å². The number of nitrogens with one attached hydrogen (secondary N) is 1. The van der Waals surface area contributed by atoms with Gasteiger partial charge in [-0.15, -0.1) is 0 Å². The number of benzene rings is 3. The topological polar surface area (TPSA) is 99.6 Å². The molecule has 9 heteroatoms. The van der Waals surface area contributed by atoms with Gasteiger partial charge in [0.05, 0.1) is 43.2 Å². The number of para-hydroxylation sites is 1. The first-order chi connectivity index (χ1) is 17.3. The number of imidazole rings is 1. The average Bonchev–Trinajstić information content (AvgIpc) is 3.17. The van der Waals surface area contributed by atoms with Crippen LogP contribution in [0.1, 0.15) is 25.5 Å². The lowest BCUT2D eigenvalue weighted by molar-refractivity contribution is 0.310. The first kappa shape index (κ1) is 25.4. The number of rotatable bonds is 10. The van der Waals surface area contributed by atoms with Gasteiger partial charge in [0.15, 0.2) is 11.5 Å². The Morgan fingerprint density at radius 2 is 1.64 bits per heavy atom. The van der Waals surface area contributed by atoms with Crippen molar-refractivity contribution in [2.45, 2.75) is 19.9 Å². The molecular weight excluding hydrogens is 480 g/mol. The standard InChI is InChI=1S/C27H30N2O6S/c1-5-34-24-10-8-7-9-20(24)18-11-13-22-21(15-18)28-27(30)29(22)23(17-36(4,31)32)19-12-14-25(33-3)26(16-19)35-6-2/h7-16,23H,5-6,17H2,1-4H3,(H,28,30)/t23-/m0/s1. The van der Waals surface area contributed by atoms with Gasteiger partial charge in [0.25, 0.3) is 0 Å². The smallest absolute Gasteiger partial charge is 0.327 e. The Morgan fingerprint density at radius 3 is 2.33 bits per heavy atom. The zero-order valence-electron chi connectivity index (χ0n) is 20.8. The zero-order chi connectivity index (χ0) is 25.9. The summed E-state index contributed by atoms with van der Waals surface area (Å²) in [5.41, 5.74) is 3.20. The molecule has 190 valence electrons. The first-order valence-electron chi connectivity index (χ1n) is 11.7. The van der Waals surface area contributed by atoms with E-state index >= 15 is 0 Å². The van der Waals surface area contributed by atoms with E-state index in [0.29, 0.717) is 41.3 Å². The fourth-order valence-corrected chi connectivity index (χ4v) is 5.29. The molecule has 8 nitrogen and oxygen atoms in total. The van der Waals surface area contributed by atoms with Crippen LogP contribution in [0.25, 0.3) is 22.2 Å². The highest BCUT2D eigenvalue weighted by molar-refractivity contribution is 7.90. The first-order valence-corrected chi connectivity index (χ1v) is 13.8. The van der Waals surface area contributed by atoms with E-state index in [1.54, 1.807) is 18.2 Å². The SMILES string of the molecule is CCOc1cc([C@H](CS(C)(=O)=O)n2c(=O)[nH]c3cc(-c4ccccc4OCC)ccc32)ccc1OC. The van der Waals surface area contributed by atoms with Crippen LogP contribution in [0.2, 0.25) is 0 Å². The number of fused-ring (bicyclic) bond motifs is 1. The fraction of sp³-hybridized carbons (Fsp3) is 0.296. The molecular formula is C27H30N2O6S. The van der Waals surface area contributed by atoms with Crippen LogP contribution in [0.4, 0.5) is 0 Å². The lowest BCUT2D eigenvalue weighted by Gasteiger charge is -2.20. The molecule has 0 spiro atoms. The molecule has 0 aliphatic heterocycles.